The van der Waals surface area contributed by atoms with Crippen LogP contribution >= 0.6 is 0 Å². The van der Waals surface area contributed by atoms with Gasteiger partial charge >= 0.3 is 23.9 Å². The number of cyclic esters (lactones) is 4. The number of aromatic nitrogens is 6. The first-order valence-electron chi connectivity index (χ1n) is 31.9. The number of hydrogen-bond acceptors (Lipinski definition) is 18. The van der Waals surface area contributed by atoms with Gasteiger partial charge in [0.1, 0.15) is 24.2 Å². The molecule has 1 fully saturated rings. The van der Waals surface area contributed by atoms with Gasteiger partial charge in [-0.1, -0.05) is 116 Å². The summed E-state index contributed by atoms with van der Waals surface area (Å²) in [5, 5.41) is 8.85. The minimum Gasteiger partial charge on any atom is -0.451 e. The fourth-order valence-corrected chi connectivity index (χ4v) is 10.9. The zero-order valence-electron chi connectivity index (χ0n) is 56.3. The number of rotatable bonds is 20. The Bertz CT molecular complexity index is 3260. The number of benzene rings is 2. The van der Waals surface area contributed by atoms with Gasteiger partial charge in [-0.15, -0.1) is 0 Å². The Kier molecular flexibility index (Phi) is 25.6. The van der Waals surface area contributed by atoms with E-state index in [2.05, 4.69) is 20.2 Å². The molecule has 0 aliphatic carbocycles. The zero-order valence-corrected chi connectivity index (χ0v) is 56.3. The summed E-state index contributed by atoms with van der Waals surface area (Å²) in [5.74, 6) is -5.95. The molecule has 1 aliphatic heterocycles. The molecule has 0 unspecified atom stereocenters. The summed E-state index contributed by atoms with van der Waals surface area (Å²) < 4.78 is 39.4. The lowest BCUT2D eigenvalue weighted by molar-refractivity contribution is -0.176. The largest absolute Gasteiger partial charge is 0.451 e. The van der Waals surface area contributed by atoms with E-state index in [4.69, 9.17) is 28.4 Å². The van der Waals surface area contributed by atoms with Crippen LogP contribution in [0.4, 0.5) is 0 Å². The molecule has 504 valence electrons. The molecule has 0 radical (unpaired) electrons. The van der Waals surface area contributed by atoms with E-state index in [0.717, 1.165) is 30.7 Å². The van der Waals surface area contributed by atoms with Crippen molar-refractivity contribution in [3.8, 4) is 23.3 Å². The van der Waals surface area contributed by atoms with Crippen LogP contribution in [0.25, 0.3) is 0 Å². The number of hydrogen-bond donors (Lipinski definition) is 0. The molecule has 1 saturated heterocycles. The average Bonchev–Trinajstić information content (AvgIpc) is 1.09. The third-order valence-corrected chi connectivity index (χ3v) is 16.0. The highest BCUT2D eigenvalue weighted by atomic mass is 16.6. The van der Waals surface area contributed by atoms with Crippen molar-refractivity contribution in [2.75, 3.05) is 28.2 Å². The van der Waals surface area contributed by atoms with Crippen molar-refractivity contribution in [3.63, 3.8) is 0 Å². The van der Waals surface area contributed by atoms with Crippen molar-refractivity contribution in [1.82, 2.24) is 49.1 Å². The topological polar surface area (TPSA) is 266 Å². The number of ether oxygens (including phenoxy) is 6. The van der Waals surface area contributed by atoms with Gasteiger partial charge < -0.3 is 48.0 Å². The highest BCUT2D eigenvalue weighted by Crippen LogP contribution is 2.26. The van der Waals surface area contributed by atoms with Crippen LogP contribution in [-0.4, -0.2) is 173 Å². The predicted molar refractivity (Wildman–Crippen MR) is 346 cm³/mol. The van der Waals surface area contributed by atoms with Gasteiger partial charge in [-0.25, -0.2) is 29.1 Å². The molecular weight excluding hydrogens is 1200 g/mol. The lowest BCUT2D eigenvalue weighted by Crippen LogP contribution is -2.55. The van der Waals surface area contributed by atoms with Crippen LogP contribution in [0.1, 0.15) is 117 Å². The van der Waals surface area contributed by atoms with Gasteiger partial charge in [-0.3, -0.25) is 28.5 Å². The second-order valence-electron chi connectivity index (χ2n) is 25.7. The van der Waals surface area contributed by atoms with E-state index in [9.17, 15) is 28.8 Å². The third-order valence-electron chi connectivity index (χ3n) is 16.0. The third kappa shape index (κ3) is 20.3. The second kappa shape index (κ2) is 33.4. The standard InChI is InChI=1S/C70H90N10O14/c1-43(2)31-55-67(85)89-47(9)63(81)75(11)58(34-46(7)8)70(88)94-60(36-50-23-27-52(28-24-50)40-80-42-54(38-74-80)92-62-20-16-18-30-72-62)66(84)78(14)56(32-44(3)4)68(86)90-48(10)64(82)76(12)57(33-45(5)6)69(87)93-59(65(83)77(55)13)35-49-21-25-51(26-22-49)39-79-41-53(37-73-79)91-61-19-15-17-29-71-61/h15-30,37-38,41-48,55-60H,31-36,39-40H2,1-14H3/t47-,48-,55+,56+,57+,58+,59-,60-/m1/s1. The molecule has 94 heavy (non-hydrogen) atoms. The Labute approximate surface area is 550 Å². The van der Waals surface area contributed by atoms with Gasteiger partial charge in [0.15, 0.2) is 35.9 Å². The fraction of sp³-hybridized carbons (Fsp3) is 0.486. The van der Waals surface area contributed by atoms with Crippen LogP contribution in [0.5, 0.6) is 23.3 Å². The molecule has 0 bridgehead atoms. The lowest BCUT2D eigenvalue weighted by atomic mass is 9.99. The predicted octanol–water partition coefficient (Wildman–Crippen LogP) is 8.53. The molecule has 1 aliphatic rings. The first-order chi connectivity index (χ1) is 44.6. The first kappa shape index (κ1) is 72.0. The Morgan fingerprint density at radius 2 is 0.702 bits per heavy atom. The fourth-order valence-electron chi connectivity index (χ4n) is 10.9. The maximum Gasteiger partial charge on any atom is 0.329 e. The van der Waals surface area contributed by atoms with Gasteiger partial charge in [0.25, 0.3) is 23.6 Å². The monoisotopic (exact) mass is 1290 g/mol. The van der Waals surface area contributed by atoms with E-state index in [-0.39, 0.29) is 62.2 Å². The van der Waals surface area contributed by atoms with E-state index >= 15 is 9.59 Å². The smallest absolute Gasteiger partial charge is 0.329 e. The molecule has 6 aromatic rings. The van der Waals surface area contributed by atoms with Crippen molar-refractivity contribution in [3.05, 3.63) is 144 Å². The lowest BCUT2D eigenvalue weighted by Gasteiger charge is -2.35. The minimum atomic E-state index is -1.58. The maximum absolute atomic E-state index is 15.2. The van der Waals surface area contributed by atoms with Crippen molar-refractivity contribution in [1.29, 1.82) is 0 Å². The van der Waals surface area contributed by atoms with Crippen LogP contribution in [0.3, 0.4) is 0 Å². The average molecular weight is 1300 g/mol. The van der Waals surface area contributed by atoms with Gasteiger partial charge in [0.05, 0.1) is 37.9 Å². The highest BCUT2D eigenvalue weighted by molar-refractivity contribution is 5.94. The molecule has 5 heterocycles. The van der Waals surface area contributed by atoms with Crippen molar-refractivity contribution in [2.45, 2.75) is 169 Å². The number of carbonyl (C=O) groups excluding carboxylic acids is 8. The summed E-state index contributed by atoms with van der Waals surface area (Å²) >= 11 is 0. The molecule has 24 heteroatoms. The molecule has 0 saturated carbocycles. The van der Waals surface area contributed by atoms with Crippen LogP contribution in [0, 0.1) is 23.7 Å². The normalized spacial score (nSPS) is 21.4. The van der Waals surface area contributed by atoms with E-state index in [1.54, 1.807) is 95.1 Å². The molecule has 0 spiro atoms. The van der Waals surface area contributed by atoms with E-state index < -0.39 is 96.1 Å². The maximum atomic E-state index is 15.2. The van der Waals surface area contributed by atoms with Crippen molar-refractivity contribution < 1.29 is 66.8 Å². The molecule has 4 aromatic heterocycles. The van der Waals surface area contributed by atoms with Gasteiger partial charge in [0.2, 0.25) is 11.8 Å². The molecule has 2 aromatic carbocycles. The highest BCUT2D eigenvalue weighted by Gasteiger charge is 2.43. The number of likely N-dealkylation sites (N-methyl/N-ethyl adjacent to an activating group) is 4. The number of amides is 4. The summed E-state index contributed by atoms with van der Waals surface area (Å²) in [6, 6.07) is 19.8. The number of pyridine rings is 2. The number of esters is 4. The summed E-state index contributed by atoms with van der Waals surface area (Å²) in [6.45, 7) is 18.2. The Morgan fingerprint density at radius 1 is 0.404 bits per heavy atom. The van der Waals surface area contributed by atoms with Gasteiger partial charge in [-0.05, 0) is 97.6 Å². The molecule has 24 nitrogen and oxygen atoms in total. The SMILES string of the molecule is CC(C)C[C@H]1C(=O)O[C@H](Cc2ccc(Cn3cc(Oc4ccccn4)cn3)cc2)C(=O)N(C)[C@@H](CC(C)C)C(=O)O[C@H](C)C(=O)N(C)[C@@H](CC(C)C)C(=O)O[C@H](Cc2ccc(Cn3cc(Oc4ccccn4)cn3)cc2)C(=O)N(C)[C@@H](CC(C)C)C(=O)O[C@H](C)C(=O)N1C. The summed E-state index contributed by atoms with van der Waals surface area (Å²) in [7, 11) is 5.53. The molecule has 0 N–H and O–H groups in total. The molecule has 8 atom stereocenters. The quantitative estimate of drug-likeness (QED) is 0.0512. The first-order valence-corrected chi connectivity index (χ1v) is 31.9. The van der Waals surface area contributed by atoms with E-state index in [0.29, 0.717) is 47.5 Å². The van der Waals surface area contributed by atoms with Crippen LogP contribution in [0.15, 0.2) is 122 Å². The minimum absolute atomic E-state index is 0.0554. The van der Waals surface area contributed by atoms with Gasteiger partial charge in [-0.2, -0.15) is 10.2 Å². The van der Waals surface area contributed by atoms with Crippen molar-refractivity contribution >= 4 is 47.5 Å². The van der Waals surface area contributed by atoms with E-state index in [1.807, 2.05) is 91.8 Å². The second-order valence-corrected chi connectivity index (χ2v) is 25.7. The number of nitrogens with zero attached hydrogens (tertiary/aromatic N) is 10. The molecule has 7 rings (SSSR count). The van der Waals surface area contributed by atoms with E-state index in [1.165, 1.54) is 42.0 Å². The Hall–Kier alpha value is -9.48. The summed E-state index contributed by atoms with van der Waals surface area (Å²) in [4.78, 5) is 132. The van der Waals surface area contributed by atoms with Crippen LogP contribution in [-0.2, 0) is 83.2 Å². The summed E-state index contributed by atoms with van der Waals surface area (Å²) in [5.41, 5.74) is 2.82. The molecular formula is C70H90N10O14. The Morgan fingerprint density at radius 3 is 1.00 bits per heavy atom. The van der Waals surface area contributed by atoms with Crippen LogP contribution in [0.2, 0.25) is 0 Å². The number of carbonyl (C=O) groups is 8. The molecule has 4 amide bonds. The van der Waals surface area contributed by atoms with Gasteiger partial charge in [0, 0.05) is 65.6 Å². The Balaban J connectivity index is 1.21. The summed E-state index contributed by atoms with van der Waals surface area (Å²) in [6.07, 6.45) is 3.52. The van der Waals surface area contributed by atoms with Crippen molar-refractivity contribution in [2.24, 2.45) is 23.7 Å². The zero-order chi connectivity index (χ0) is 68.5. The van der Waals surface area contributed by atoms with Crippen LogP contribution < -0.4 is 9.47 Å².